The monoisotopic (exact) mass is 259 g/mol. The average Bonchev–Trinajstić information content (AvgIpc) is 2.98. The molecule has 2 atom stereocenters. The van der Waals surface area contributed by atoms with Crippen LogP contribution >= 0.6 is 0 Å². The van der Waals surface area contributed by atoms with Crippen LogP contribution in [0.5, 0.6) is 0 Å². The number of methoxy groups -OCH3 is 1. The first-order chi connectivity index (χ1) is 9.36. The summed E-state index contributed by atoms with van der Waals surface area (Å²) in [5.41, 5.74) is 1.15. The van der Waals surface area contributed by atoms with Crippen molar-refractivity contribution < 1.29 is 9.15 Å². The van der Waals surface area contributed by atoms with Crippen molar-refractivity contribution in [3.63, 3.8) is 0 Å². The largest absolute Gasteiger partial charge is 0.468 e. The Morgan fingerprint density at radius 2 is 1.95 bits per heavy atom. The van der Waals surface area contributed by atoms with E-state index in [1.54, 1.807) is 13.4 Å². The van der Waals surface area contributed by atoms with Crippen LogP contribution < -0.4 is 5.32 Å². The van der Waals surface area contributed by atoms with E-state index in [4.69, 9.17) is 9.15 Å². The third kappa shape index (κ3) is 3.46. The summed E-state index contributed by atoms with van der Waals surface area (Å²) < 4.78 is 11.3. The number of nitrogens with one attached hydrogen (secondary N) is 1. The minimum atomic E-state index is -0.0566. The van der Waals surface area contributed by atoms with Crippen LogP contribution in [0.1, 0.15) is 36.8 Å². The van der Waals surface area contributed by atoms with E-state index in [9.17, 15) is 0 Å². The zero-order chi connectivity index (χ0) is 13.5. The van der Waals surface area contributed by atoms with Crippen molar-refractivity contribution in [2.24, 2.45) is 0 Å². The molecule has 0 aliphatic heterocycles. The maximum atomic E-state index is 5.70. The van der Waals surface area contributed by atoms with E-state index in [0.717, 1.165) is 24.3 Å². The van der Waals surface area contributed by atoms with Gasteiger partial charge in [0.25, 0.3) is 0 Å². The minimum absolute atomic E-state index is 0.0300. The van der Waals surface area contributed by atoms with Gasteiger partial charge in [-0.05, 0) is 30.7 Å². The molecule has 0 bridgehead atoms. The second-order valence-corrected chi connectivity index (χ2v) is 4.51. The molecule has 0 amide bonds. The highest BCUT2D eigenvalue weighted by atomic mass is 16.5. The molecule has 0 aliphatic carbocycles. The predicted molar refractivity (Wildman–Crippen MR) is 75.9 cm³/mol. The van der Waals surface area contributed by atoms with Crippen LogP contribution in [0.15, 0.2) is 53.1 Å². The van der Waals surface area contributed by atoms with Gasteiger partial charge in [-0.3, -0.25) is 0 Å². The summed E-state index contributed by atoms with van der Waals surface area (Å²) in [5, 5.41) is 3.50. The van der Waals surface area contributed by atoms with Crippen LogP contribution in [0.25, 0.3) is 0 Å². The molecule has 0 aliphatic rings. The maximum absolute atomic E-state index is 5.70. The fourth-order valence-electron chi connectivity index (χ4n) is 2.23. The van der Waals surface area contributed by atoms with Gasteiger partial charge in [-0.1, -0.05) is 37.3 Å². The molecule has 102 valence electrons. The Balaban J connectivity index is 2.25. The molecule has 1 N–H and O–H groups in total. The quantitative estimate of drug-likeness (QED) is 0.823. The van der Waals surface area contributed by atoms with Crippen molar-refractivity contribution in [1.29, 1.82) is 0 Å². The lowest BCUT2D eigenvalue weighted by atomic mass is 10.00. The van der Waals surface area contributed by atoms with Crippen LogP contribution in [0.2, 0.25) is 0 Å². The van der Waals surface area contributed by atoms with E-state index in [0.29, 0.717) is 0 Å². The highest BCUT2D eigenvalue weighted by Gasteiger charge is 2.26. The standard InChI is InChI=1S/C16H21NO2/c1-3-11-17-15(14-10-7-12-19-14)16(18-2)13-8-5-4-6-9-13/h4-10,12,15-17H,3,11H2,1-2H3. The molecule has 0 spiro atoms. The van der Waals surface area contributed by atoms with Gasteiger partial charge in [0.15, 0.2) is 0 Å². The second-order valence-electron chi connectivity index (χ2n) is 4.51. The molecule has 3 nitrogen and oxygen atoms in total. The Morgan fingerprint density at radius 3 is 2.53 bits per heavy atom. The van der Waals surface area contributed by atoms with Gasteiger partial charge < -0.3 is 14.5 Å². The first kappa shape index (κ1) is 13.8. The van der Waals surface area contributed by atoms with Crippen molar-refractivity contribution in [2.45, 2.75) is 25.5 Å². The smallest absolute Gasteiger partial charge is 0.123 e. The molecule has 3 heteroatoms. The summed E-state index contributed by atoms with van der Waals surface area (Å²) in [6, 6.07) is 14.2. The van der Waals surface area contributed by atoms with Gasteiger partial charge in [0.05, 0.1) is 12.3 Å². The first-order valence-corrected chi connectivity index (χ1v) is 6.71. The SMILES string of the molecule is CCCNC(c1ccco1)C(OC)c1ccccc1. The molecule has 1 heterocycles. The van der Waals surface area contributed by atoms with Crippen LogP contribution in [0.4, 0.5) is 0 Å². The lowest BCUT2D eigenvalue weighted by Crippen LogP contribution is -2.28. The molecular weight excluding hydrogens is 238 g/mol. The van der Waals surface area contributed by atoms with E-state index in [1.165, 1.54) is 0 Å². The van der Waals surface area contributed by atoms with E-state index in [2.05, 4.69) is 24.4 Å². The Morgan fingerprint density at radius 1 is 1.16 bits per heavy atom. The summed E-state index contributed by atoms with van der Waals surface area (Å²) in [6.45, 7) is 3.08. The Bertz CT molecular complexity index is 453. The Kier molecular flexibility index (Phi) is 5.19. The van der Waals surface area contributed by atoms with Crippen LogP contribution in [0, 0.1) is 0 Å². The summed E-state index contributed by atoms with van der Waals surface area (Å²) in [4.78, 5) is 0. The number of ether oxygens (including phenoxy) is 1. The number of furan rings is 1. The van der Waals surface area contributed by atoms with E-state index >= 15 is 0 Å². The van der Waals surface area contributed by atoms with Gasteiger partial charge >= 0.3 is 0 Å². The molecule has 2 aromatic rings. The topological polar surface area (TPSA) is 34.4 Å². The van der Waals surface area contributed by atoms with Crippen LogP contribution in [-0.2, 0) is 4.74 Å². The van der Waals surface area contributed by atoms with Crippen molar-refractivity contribution in [3.8, 4) is 0 Å². The van der Waals surface area contributed by atoms with Crippen molar-refractivity contribution in [2.75, 3.05) is 13.7 Å². The molecule has 0 saturated carbocycles. The van der Waals surface area contributed by atoms with Gasteiger partial charge in [-0.2, -0.15) is 0 Å². The van der Waals surface area contributed by atoms with Gasteiger partial charge in [-0.25, -0.2) is 0 Å². The molecule has 2 rings (SSSR count). The number of hydrogen-bond donors (Lipinski definition) is 1. The summed E-state index contributed by atoms with van der Waals surface area (Å²) in [7, 11) is 1.74. The van der Waals surface area contributed by atoms with Crippen molar-refractivity contribution >= 4 is 0 Å². The number of rotatable bonds is 7. The van der Waals surface area contributed by atoms with E-state index in [1.807, 2.05) is 30.3 Å². The molecule has 1 aromatic carbocycles. The molecule has 19 heavy (non-hydrogen) atoms. The highest BCUT2D eigenvalue weighted by Crippen LogP contribution is 2.31. The first-order valence-electron chi connectivity index (χ1n) is 6.71. The highest BCUT2D eigenvalue weighted by molar-refractivity contribution is 5.22. The van der Waals surface area contributed by atoms with Gasteiger partial charge in [0.2, 0.25) is 0 Å². The second kappa shape index (κ2) is 7.12. The zero-order valence-corrected chi connectivity index (χ0v) is 11.5. The molecule has 0 saturated heterocycles. The Hall–Kier alpha value is -1.58. The van der Waals surface area contributed by atoms with Crippen LogP contribution in [0.3, 0.4) is 0 Å². The lowest BCUT2D eigenvalue weighted by Gasteiger charge is -2.26. The van der Waals surface area contributed by atoms with Crippen molar-refractivity contribution in [1.82, 2.24) is 5.32 Å². The van der Waals surface area contributed by atoms with Crippen LogP contribution in [-0.4, -0.2) is 13.7 Å². The number of benzene rings is 1. The summed E-state index contributed by atoms with van der Waals surface area (Å²) in [6.07, 6.45) is 2.72. The normalized spacial score (nSPS) is 14.2. The molecule has 1 aromatic heterocycles. The zero-order valence-electron chi connectivity index (χ0n) is 11.5. The molecule has 0 fully saturated rings. The fraction of sp³-hybridized carbons (Fsp3) is 0.375. The Labute approximate surface area is 114 Å². The number of hydrogen-bond acceptors (Lipinski definition) is 3. The summed E-state index contributed by atoms with van der Waals surface area (Å²) >= 11 is 0. The lowest BCUT2D eigenvalue weighted by molar-refractivity contribution is 0.0602. The fourth-order valence-corrected chi connectivity index (χ4v) is 2.23. The van der Waals surface area contributed by atoms with Crippen molar-refractivity contribution in [3.05, 3.63) is 60.1 Å². The maximum Gasteiger partial charge on any atom is 0.123 e. The van der Waals surface area contributed by atoms with Gasteiger partial charge in [-0.15, -0.1) is 0 Å². The van der Waals surface area contributed by atoms with Gasteiger partial charge in [0.1, 0.15) is 11.9 Å². The summed E-state index contributed by atoms with van der Waals surface area (Å²) in [5.74, 6) is 0.907. The third-order valence-electron chi connectivity index (χ3n) is 3.15. The molecule has 2 unspecified atom stereocenters. The predicted octanol–water partition coefficient (Wildman–Crippen LogP) is 3.71. The van der Waals surface area contributed by atoms with E-state index < -0.39 is 0 Å². The third-order valence-corrected chi connectivity index (χ3v) is 3.15. The minimum Gasteiger partial charge on any atom is -0.468 e. The van der Waals surface area contributed by atoms with Gasteiger partial charge in [0, 0.05) is 7.11 Å². The van der Waals surface area contributed by atoms with E-state index in [-0.39, 0.29) is 12.1 Å². The molecular formula is C16H21NO2. The molecule has 0 radical (unpaired) electrons. The average molecular weight is 259 g/mol.